The van der Waals surface area contributed by atoms with Gasteiger partial charge in [-0.1, -0.05) is 6.92 Å². The highest BCUT2D eigenvalue weighted by molar-refractivity contribution is 5.65. The molecular formula is C23H31N7. The first-order valence-electron chi connectivity index (χ1n) is 11.6. The third-order valence-electron chi connectivity index (χ3n) is 7.85. The molecule has 7 heteroatoms. The minimum absolute atomic E-state index is 0.292. The van der Waals surface area contributed by atoms with Gasteiger partial charge >= 0.3 is 0 Å². The van der Waals surface area contributed by atoms with Gasteiger partial charge in [0, 0.05) is 48.7 Å². The van der Waals surface area contributed by atoms with E-state index in [0.29, 0.717) is 24.1 Å². The zero-order valence-corrected chi connectivity index (χ0v) is 17.9. The van der Waals surface area contributed by atoms with Crippen molar-refractivity contribution in [3.05, 3.63) is 18.5 Å². The number of aromatic nitrogens is 4. The maximum absolute atomic E-state index is 5.72. The standard InChI is InChI=1S/C23H31N7/c1-13-3-15-5-14(2)30(19(4-13)6-15)21-9-20(17-10-25-22(24)26-11-17)27-23(28-21)29-12-16-7-18(29)8-16/h9-11,13-16,18-19H,3-8,12H2,1-2H3,(H2,24,25,26). The Morgan fingerprint density at radius 3 is 2.40 bits per heavy atom. The van der Waals surface area contributed by atoms with Crippen molar-refractivity contribution in [1.29, 1.82) is 0 Å². The van der Waals surface area contributed by atoms with Crippen LogP contribution in [-0.4, -0.2) is 44.6 Å². The van der Waals surface area contributed by atoms with E-state index >= 15 is 0 Å². The van der Waals surface area contributed by atoms with E-state index in [1.54, 1.807) is 12.4 Å². The fourth-order valence-electron chi connectivity index (χ4n) is 6.57. The van der Waals surface area contributed by atoms with Gasteiger partial charge in [-0.25, -0.2) is 15.0 Å². The molecule has 30 heavy (non-hydrogen) atoms. The number of piperidine rings is 1. The molecular weight excluding hydrogens is 374 g/mol. The summed E-state index contributed by atoms with van der Waals surface area (Å²) in [5.74, 6) is 4.71. The zero-order valence-electron chi connectivity index (χ0n) is 17.9. The van der Waals surface area contributed by atoms with Gasteiger partial charge in [-0.15, -0.1) is 0 Å². The van der Waals surface area contributed by atoms with Gasteiger partial charge in [0.25, 0.3) is 0 Å². The molecule has 0 spiro atoms. The summed E-state index contributed by atoms with van der Waals surface area (Å²) in [7, 11) is 0. The lowest BCUT2D eigenvalue weighted by Gasteiger charge is -2.49. The van der Waals surface area contributed by atoms with Crippen LogP contribution < -0.4 is 15.5 Å². The minimum Gasteiger partial charge on any atom is -0.368 e. The zero-order chi connectivity index (χ0) is 20.4. The molecule has 2 saturated carbocycles. The van der Waals surface area contributed by atoms with Crippen molar-refractivity contribution in [2.24, 2.45) is 17.8 Å². The van der Waals surface area contributed by atoms with E-state index in [2.05, 4.69) is 39.7 Å². The maximum Gasteiger partial charge on any atom is 0.228 e. The van der Waals surface area contributed by atoms with Gasteiger partial charge in [0.15, 0.2) is 0 Å². The predicted octanol–water partition coefficient (Wildman–Crippen LogP) is 3.52. The molecule has 0 aromatic carbocycles. The molecule has 4 bridgehead atoms. The number of nitrogens with zero attached hydrogens (tertiary/aromatic N) is 6. The van der Waals surface area contributed by atoms with Crippen LogP contribution in [0.25, 0.3) is 11.3 Å². The summed E-state index contributed by atoms with van der Waals surface area (Å²) in [4.78, 5) is 23.6. The SMILES string of the molecule is CC1CC2CC(C)N(c3cc(-c4cnc(N)nc4)nc(N4CC5CC4C5)n3)C(C1)C2. The highest BCUT2D eigenvalue weighted by atomic mass is 15.3. The molecule has 3 aliphatic heterocycles. The summed E-state index contributed by atoms with van der Waals surface area (Å²) >= 11 is 0. The second-order valence-electron chi connectivity index (χ2n) is 10.2. The fourth-order valence-corrected chi connectivity index (χ4v) is 6.57. The van der Waals surface area contributed by atoms with E-state index in [4.69, 9.17) is 15.7 Å². The van der Waals surface area contributed by atoms with E-state index in [9.17, 15) is 0 Å². The van der Waals surface area contributed by atoms with Crippen molar-refractivity contribution in [3.8, 4) is 11.3 Å². The van der Waals surface area contributed by atoms with Crippen LogP contribution in [0.3, 0.4) is 0 Å². The Kier molecular flexibility index (Phi) is 4.15. The van der Waals surface area contributed by atoms with Gasteiger partial charge in [0.05, 0.1) is 5.69 Å². The summed E-state index contributed by atoms with van der Waals surface area (Å²) in [6.45, 7) is 5.87. The molecule has 4 atom stereocenters. The molecule has 2 N–H and O–H groups in total. The third kappa shape index (κ3) is 3.01. The van der Waals surface area contributed by atoms with Crippen LogP contribution in [0.1, 0.15) is 52.4 Å². The molecule has 7 nitrogen and oxygen atoms in total. The number of fused-ring (bicyclic) bond motifs is 3. The Balaban J connectivity index is 1.42. The lowest BCUT2D eigenvalue weighted by molar-refractivity contribution is 0.178. The second kappa shape index (κ2) is 6.79. The highest BCUT2D eigenvalue weighted by Crippen LogP contribution is 2.45. The van der Waals surface area contributed by atoms with E-state index in [1.807, 2.05) is 0 Å². The van der Waals surface area contributed by atoms with E-state index in [-0.39, 0.29) is 0 Å². The van der Waals surface area contributed by atoms with Gasteiger partial charge in [-0.3, -0.25) is 0 Å². The van der Waals surface area contributed by atoms with Crippen molar-refractivity contribution in [1.82, 2.24) is 19.9 Å². The molecule has 5 aliphatic rings. The van der Waals surface area contributed by atoms with Crippen LogP contribution in [0.15, 0.2) is 18.5 Å². The molecule has 5 fully saturated rings. The van der Waals surface area contributed by atoms with Crippen LogP contribution in [0.4, 0.5) is 17.7 Å². The van der Waals surface area contributed by atoms with E-state index < -0.39 is 0 Å². The summed E-state index contributed by atoms with van der Waals surface area (Å²) in [6.07, 6.45) is 11.3. The maximum atomic E-state index is 5.72. The third-order valence-corrected chi connectivity index (χ3v) is 7.85. The summed E-state index contributed by atoms with van der Waals surface area (Å²) in [5, 5.41) is 0. The van der Waals surface area contributed by atoms with Crippen LogP contribution >= 0.6 is 0 Å². The summed E-state index contributed by atoms with van der Waals surface area (Å²) in [6, 6.07) is 3.84. The smallest absolute Gasteiger partial charge is 0.228 e. The van der Waals surface area contributed by atoms with Crippen LogP contribution in [0.2, 0.25) is 0 Å². The molecule has 7 rings (SSSR count). The van der Waals surface area contributed by atoms with Gasteiger partial charge < -0.3 is 15.5 Å². The first-order valence-corrected chi connectivity index (χ1v) is 11.6. The molecule has 2 aromatic heterocycles. The molecule has 2 aliphatic carbocycles. The van der Waals surface area contributed by atoms with E-state index in [0.717, 1.165) is 47.3 Å². The number of hydrogen-bond acceptors (Lipinski definition) is 7. The molecule has 158 valence electrons. The van der Waals surface area contributed by atoms with Crippen molar-refractivity contribution in [2.45, 2.75) is 70.5 Å². The van der Waals surface area contributed by atoms with Gasteiger partial charge in [-0.2, -0.15) is 4.98 Å². The largest absolute Gasteiger partial charge is 0.368 e. The first-order chi connectivity index (χ1) is 14.5. The lowest BCUT2D eigenvalue weighted by atomic mass is 9.73. The van der Waals surface area contributed by atoms with Crippen LogP contribution in [-0.2, 0) is 0 Å². The monoisotopic (exact) mass is 405 g/mol. The number of nitrogen functional groups attached to an aromatic ring is 1. The summed E-state index contributed by atoms with van der Waals surface area (Å²) in [5.41, 5.74) is 7.52. The average molecular weight is 406 g/mol. The van der Waals surface area contributed by atoms with Gasteiger partial charge in [0.1, 0.15) is 5.82 Å². The molecule has 4 unspecified atom stereocenters. The second-order valence-corrected chi connectivity index (χ2v) is 10.2. The first kappa shape index (κ1) is 18.3. The van der Waals surface area contributed by atoms with Crippen molar-refractivity contribution < 1.29 is 0 Å². The lowest BCUT2D eigenvalue weighted by Crippen LogP contribution is -2.52. The van der Waals surface area contributed by atoms with Crippen LogP contribution in [0, 0.1) is 17.8 Å². The Bertz CT molecular complexity index is 935. The topological polar surface area (TPSA) is 84.1 Å². The Labute approximate surface area is 178 Å². The summed E-state index contributed by atoms with van der Waals surface area (Å²) < 4.78 is 0. The minimum atomic E-state index is 0.292. The number of nitrogens with two attached hydrogens (primary N) is 1. The van der Waals surface area contributed by atoms with E-state index in [1.165, 1.54) is 38.5 Å². The Morgan fingerprint density at radius 2 is 1.67 bits per heavy atom. The molecule has 0 radical (unpaired) electrons. The molecule has 5 heterocycles. The van der Waals surface area contributed by atoms with Crippen molar-refractivity contribution in [2.75, 3.05) is 22.1 Å². The number of hydrogen-bond donors (Lipinski definition) is 1. The number of rotatable bonds is 3. The fraction of sp³-hybridized carbons (Fsp3) is 0.652. The Hall–Kier alpha value is -2.44. The number of anilines is 3. The Morgan fingerprint density at radius 1 is 0.900 bits per heavy atom. The normalized spacial score (nSPS) is 34.7. The molecule has 2 aromatic rings. The van der Waals surface area contributed by atoms with Gasteiger partial charge in [-0.05, 0) is 63.2 Å². The quantitative estimate of drug-likeness (QED) is 0.836. The molecule has 3 saturated heterocycles. The predicted molar refractivity (Wildman–Crippen MR) is 118 cm³/mol. The van der Waals surface area contributed by atoms with Gasteiger partial charge in [0.2, 0.25) is 11.9 Å². The highest BCUT2D eigenvalue weighted by Gasteiger charge is 2.44. The van der Waals surface area contributed by atoms with Crippen molar-refractivity contribution >= 4 is 17.7 Å². The van der Waals surface area contributed by atoms with Crippen molar-refractivity contribution in [3.63, 3.8) is 0 Å². The average Bonchev–Trinajstić information content (AvgIpc) is 3.29. The molecule has 0 amide bonds. The van der Waals surface area contributed by atoms with Crippen LogP contribution in [0.5, 0.6) is 0 Å².